The van der Waals surface area contributed by atoms with Gasteiger partial charge in [0.05, 0.1) is 0 Å². The molecular weight excluding hydrogens is 132 g/mol. The lowest BCUT2D eigenvalue weighted by atomic mass is 9.72. The van der Waals surface area contributed by atoms with Crippen molar-refractivity contribution >= 4 is 0 Å². The van der Waals surface area contributed by atoms with Crippen LogP contribution in [0, 0.1) is 17.8 Å². The second-order valence-electron chi connectivity index (χ2n) is 4.08. The lowest BCUT2D eigenvalue weighted by Gasteiger charge is -2.33. The highest BCUT2D eigenvalue weighted by atomic mass is 14.3. The van der Waals surface area contributed by atoms with Gasteiger partial charge in [-0.25, -0.2) is 0 Å². The summed E-state index contributed by atoms with van der Waals surface area (Å²) in [6.07, 6.45) is 7.16. The van der Waals surface area contributed by atoms with Crippen LogP contribution in [0.15, 0.2) is 0 Å². The van der Waals surface area contributed by atoms with E-state index in [1.165, 1.54) is 32.1 Å². The van der Waals surface area contributed by atoms with E-state index in [0.29, 0.717) is 0 Å². The highest BCUT2D eigenvalue weighted by Crippen LogP contribution is 2.38. The van der Waals surface area contributed by atoms with Crippen molar-refractivity contribution < 1.29 is 0 Å². The van der Waals surface area contributed by atoms with Crippen molar-refractivity contribution in [1.82, 2.24) is 0 Å². The van der Waals surface area contributed by atoms with Crippen LogP contribution >= 0.6 is 0 Å². The Labute approximate surface area is 71.4 Å². The van der Waals surface area contributed by atoms with Crippen LogP contribution in [0.1, 0.15) is 52.9 Å². The van der Waals surface area contributed by atoms with Crippen LogP contribution in [0.25, 0.3) is 0 Å². The van der Waals surface area contributed by atoms with Gasteiger partial charge in [0, 0.05) is 0 Å². The van der Waals surface area contributed by atoms with Crippen LogP contribution in [0.2, 0.25) is 0 Å². The number of hydrogen-bond donors (Lipinski definition) is 0. The molecule has 1 aliphatic carbocycles. The molecule has 0 aromatic rings. The fraction of sp³-hybridized carbons (Fsp3) is 0.909. The Morgan fingerprint density at radius 2 is 2.09 bits per heavy atom. The molecule has 0 heteroatoms. The molecule has 1 rings (SSSR count). The summed E-state index contributed by atoms with van der Waals surface area (Å²) in [5, 5.41) is 0. The van der Waals surface area contributed by atoms with E-state index in [1.54, 1.807) is 0 Å². The maximum absolute atomic E-state index is 2.35. The summed E-state index contributed by atoms with van der Waals surface area (Å²) in [4.78, 5) is 0. The van der Waals surface area contributed by atoms with Crippen molar-refractivity contribution in [3.05, 3.63) is 5.92 Å². The third kappa shape index (κ3) is 2.21. The van der Waals surface area contributed by atoms with Crippen LogP contribution in [-0.4, -0.2) is 0 Å². The summed E-state index contributed by atoms with van der Waals surface area (Å²) in [6.45, 7) is 7.03. The van der Waals surface area contributed by atoms with E-state index in [4.69, 9.17) is 0 Å². The monoisotopic (exact) mass is 153 g/mol. The van der Waals surface area contributed by atoms with Gasteiger partial charge < -0.3 is 0 Å². The molecule has 11 heavy (non-hydrogen) atoms. The van der Waals surface area contributed by atoms with Crippen LogP contribution in [0.4, 0.5) is 0 Å². The molecular formula is C11H21. The summed E-state index contributed by atoms with van der Waals surface area (Å²) in [5.74, 6) is 3.64. The molecule has 0 heterocycles. The lowest BCUT2D eigenvalue weighted by Crippen LogP contribution is -2.21. The van der Waals surface area contributed by atoms with E-state index in [-0.39, 0.29) is 0 Å². The summed E-state index contributed by atoms with van der Waals surface area (Å²) < 4.78 is 0. The molecule has 0 spiro atoms. The Bertz CT molecular complexity index is 105. The topological polar surface area (TPSA) is 0 Å². The van der Waals surface area contributed by atoms with Gasteiger partial charge in [0.25, 0.3) is 0 Å². The molecule has 0 N–H and O–H groups in total. The minimum absolute atomic E-state index is 0.834. The van der Waals surface area contributed by atoms with Gasteiger partial charge in [-0.15, -0.1) is 0 Å². The molecule has 0 aromatic carbocycles. The Morgan fingerprint density at radius 1 is 1.36 bits per heavy atom. The SMILES string of the molecule is CCC1CCCC[C]1C(C)C. The van der Waals surface area contributed by atoms with Gasteiger partial charge in [-0.2, -0.15) is 0 Å². The van der Waals surface area contributed by atoms with Crippen molar-refractivity contribution in [3.63, 3.8) is 0 Å². The van der Waals surface area contributed by atoms with Gasteiger partial charge in [0.1, 0.15) is 0 Å². The molecule has 1 aliphatic rings. The minimum Gasteiger partial charge on any atom is -0.0651 e. The standard InChI is InChI=1S/C11H21/c1-4-10-7-5-6-8-11(10)9(2)3/h9-10H,4-8H2,1-3H3. The number of hydrogen-bond acceptors (Lipinski definition) is 0. The summed E-state index contributed by atoms with van der Waals surface area (Å²) in [5.41, 5.74) is 0. The maximum atomic E-state index is 2.35. The third-order valence-corrected chi connectivity index (χ3v) is 3.03. The fourth-order valence-electron chi connectivity index (χ4n) is 2.34. The first kappa shape index (κ1) is 9.09. The van der Waals surface area contributed by atoms with Crippen LogP contribution in [0.5, 0.6) is 0 Å². The minimum atomic E-state index is 0.834. The predicted molar refractivity (Wildman–Crippen MR) is 50.3 cm³/mol. The zero-order valence-electron chi connectivity index (χ0n) is 8.19. The molecule has 0 aliphatic heterocycles. The van der Waals surface area contributed by atoms with Crippen molar-refractivity contribution in [2.75, 3.05) is 0 Å². The van der Waals surface area contributed by atoms with E-state index in [9.17, 15) is 0 Å². The first-order chi connectivity index (χ1) is 5.25. The second-order valence-corrected chi connectivity index (χ2v) is 4.08. The van der Waals surface area contributed by atoms with Crippen LogP contribution in [-0.2, 0) is 0 Å². The van der Waals surface area contributed by atoms with Crippen molar-refractivity contribution in [2.45, 2.75) is 52.9 Å². The first-order valence-electron chi connectivity index (χ1n) is 5.11. The molecule has 0 saturated heterocycles. The third-order valence-electron chi connectivity index (χ3n) is 3.03. The normalized spacial score (nSPS) is 27.8. The van der Waals surface area contributed by atoms with Gasteiger partial charge >= 0.3 is 0 Å². The van der Waals surface area contributed by atoms with Gasteiger partial charge in [0.15, 0.2) is 0 Å². The Kier molecular flexibility index (Phi) is 3.42. The Morgan fingerprint density at radius 3 is 2.55 bits per heavy atom. The molecule has 1 radical (unpaired) electrons. The molecule has 1 atom stereocenters. The van der Waals surface area contributed by atoms with E-state index in [2.05, 4.69) is 20.8 Å². The zero-order chi connectivity index (χ0) is 8.27. The molecule has 0 nitrogen and oxygen atoms in total. The van der Waals surface area contributed by atoms with Crippen LogP contribution in [0.3, 0.4) is 0 Å². The van der Waals surface area contributed by atoms with Gasteiger partial charge in [-0.3, -0.25) is 0 Å². The Balaban J connectivity index is 2.44. The van der Waals surface area contributed by atoms with Crippen molar-refractivity contribution in [2.24, 2.45) is 11.8 Å². The second kappa shape index (κ2) is 4.13. The number of rotatable bonds is 2. The molecule has 1 unspecified atom stereocenters. The average Bonchev–Trinajstić information content (AvgIpc) is 2.04. The molecule has 0 amide bonds. The van der Waals surface area contributed by atoms with Gasteiger partial charge in [-0.1, -0.05) is 40.0 Å². The maximum Gasteiger partial charge on any atom is -0.0185 e. The van der Waals surface area contributed by atoms with E-state index >= 15 is 0 Å². The van der Waals surface area contributed by atoms with Crippen LogP contribution < -0.4 is 0 Å². The van der Waals surface area contributed by atoms with E-state index < -0.39 is 0 Å². The molecule has 65 valence electrons. The molecule has 1 fully saturated rings. The smallest absolute Gasteiger partial charge is 0.0185 e. The largest absolute Gasteiger partial charge is 0.0651 e. The van der Waals surface area contributed by atoms with E-state index in [1.807, 2.05) is 5.92 Å². The van der Waals surface area contributed by atoms with E-state index in [0.717, 1.165) is 11.8 Å². The summed E-state index contributed by atoms with van der Waals surface area (Å²) >= 11 is 0. The Hall–Kier alpha value is 0. The lowest BCUT2D eigenvalue weighted by molar-refractivity contribution is 0.332. The van der Waals surface area contributed by atoms with Gasteiger partial charge in [0.2, 0.25) is 0 Å². The zero-order valence-corrected chi connectivity index (χ0v) is 8.19. The van der Waals surface area contributed by atoms with Crippen molar-refractivity contribution in [3.8, 4) is 0 Å². The molecule has 0 bridgehead atoms. The molecule has 0 aromatic heterocycles. The van der Waals surface area contributed by atoms with Crippen molar-refractivity contribution in [1.29, 1.82) is 0 Å². The highest BCUT2D eigenvalue weighted by Gasteiger charge is 2.26. The first-order valence-corrected chi connectivity index (χ1v) is 5.11. The van der Waals surface area contributed by atoms with Gasteiger partial charge in [-0.05, 0) is 30.6 Å². The summed E-state index contributed by atoms with van der Waals surface area (Å²) in [7, 11) is 0. The average molecular weight is 153 g/mol. The fourth-order valence-corrected chi connectivity index (χ4v) is 2.34. The highest BCUT2D eigenvalue weighted by molar-refractivity contribution is 5.00. The summed E-state index contributed by atoms with van der Waals surface area (Å²) in [6, 6.07) is 0. The quantitative estimate of drug-likeness (QED) is 0.566. The molecule has 1 saturated carbocycles. The predicted octanol–water partition coefficient (Wildman–Crippen LogP) is 3.82.